The van der Waals surface area contributed by atoms with E-state index in [-0.39, 0.29) is 35.1 Å². The molecule has 0 amide bonds. The summed E-state index contributed by atoms with van der Waals surface area (Å²) in [6, 6.07) is 6.01. The van der Waals surface area contributed by atoms with Gasteiger partial charge < -0.3 is 16.0 Å². The average Bonchev–Trinajstić information content (AvgIpc) is 2.74. The van der Waals surface area contributed by atoms with E-state index in [1.807, 2.05) is 25.1 Å². The standard InChI is InChI=1S/C22H27F3N6OS/c1-31(2)10-5-4-9-17(28-19-16(13-26)20(33-3)30-21(27)29-19)18(32)12-14-7-6-8-15(11-14)22(23,24)25/h6-8,11,17H,4-5,9-10,12H2,1-3H3,(H3,27,28,29,30)/t17-/m0/s1. The molecule has 2 aromatic rings. The maximum absolute atomic E-state index is 13.1. The van der Waals surface area contributed by atoms with Crippen molar-refractivity contribution in [1.82, 2.24) is 14.9 Å². The number of halogens is 3. The number of Topliss-reactive ketones (excluding diaryl/α,β-unsaturated/α-hetero) is 1. The van der Waals surface area contributed by atoms with Gasteiger partial charge in [0.1, 0.15) is 16.7 Å². The Morgan fingerprint density at radius 3 is 2.64 bits per heavy atom. The molecule has 0 bridgehead atoms. The van der Waals surface area contributed by atoms with Gasteiger partial charge in [-0.05, 0) is 57.8 Å². The van der Waals surface area contributed by atoms with Crippen LogP contribution >= 0.6 is 11.8 Å². The zero-order chi connectivity index (χ0) is 24.6. The number of nitriles is 1. The molecule has 1 aromatic carbocycles. The molecular formula is C22H27F3N6OS. The molecule has 1 atom stereocenters. The first kappa shape index (κ1) is 26.4. The van der Waals surface area contributed by atoms with Crippen LogP contribution in [0.15, 0.2) is 29.3 Å². The van der Waals surface area contributed by atoms with Crippen molar-refractivity contribution in [2.24, 2.45) is 0 Å². The fourth-order valence-electron chi connectivity index (χ4n) is 3.25. The minimum Gasteiger partial charge on any atom is -0.368 e. The summed E-state index contributed by atoms with van der Waals surface area (Å²) in [7, 11) is 3.89. The van der Waals surface area contributed by atoms with Gasteiger partial charge in [-0.3, -0.25) is 4.79 Å². The fourth-order valence-corrected chi connectivity index (χ4v) is 3.78. The first-order valence-corrected chi connectivity index (χ1v) is 11.5. The van der Waals surface area contributed by atoms with Crippen molar-refractivity contribution >= 4 is 29.3 Å². The number of ketones is 1. The van der Waals surface area contributed by atoms with Crippen molar-refractivity contribution in [2.75, 3.05) is 37.9 Å². The summed E-state index contributed by atoms with van der Waals surface area (Å²) in [4.78, 5) is 23.3. The van der Waals surface area contributed by atoms with Crippen LogP contribution in [0.2, 0.25) is 0 Å². The van der Waals surface area contributed by atoms with Gasteiger partial charge >= 0.3 is 6.18 Å². The zero-order valence-corrected chi connectivity index (χ0v) is 19.6. The summed E-state index contributed by atoms with van der Waals surface area (Å²) in [5, 5.41) is 13.0. The Balaban J connectivity index is 2.28. The third kappa shape index (κ3) is 7.91. The second kappa shape index (κ2) is 11.9. The normalized spacial score (nSPS) is 12.4. The van der Waals surface area contributed by atoms with Crippen LogP contribution in [0.25, 0.3) is 0 Å². The van der Waals surface area contributed by atoms with Gasteiger partial charge in [0.25, 0.3) is 0 Å². The Morgan fingerprint density at radius 1 is 1.30 bits per heavy atom. The summed E-state index contributed by atoms with van der Waals surface area (Å²) in [6.45, 7) is 0.828. The molecule has 0 aliphatic heterocycles. The highest BCUT2D eigenvalue weighted by atomic mass is 32.2. The summed E-state index contributed by atoms with van der Waals surface area (Å²) in [5.74, 6) is -0.201. The molecule has 1 aromatic heterocycles. The number of aromatic nitrogens is 2. The molecule has 1 heterocycles. The molecule has 11 heteroatoms. The second-order valence-corrected chi connectivity index (χ2v) is 8.56. The van der Waals surface area contributed by atoms with Crippen LogP contribution in [0.4, 0.5) is 24.9 Å². The van der Waals surface area contributed by atoms with Gasteiger partial charge in [-0.1, -0.05) is 18.2 Å². The lowest BCUT2D eigenvalue weighted by Gasteiger charge is -2.20. The van der Waals surface area contributed by atoms with Crippen LogP contribution in [0, 0.1) is 11.3 Å². The van der Waals surface area contributed by atoms with Crippen molar-refractivity contribution in [3.8, 4) is 6.07 Å². The van der Waals surface area contributed by atoms with Crippen molar-refractivity contribution in [2.45, 2.75) is 42.9 Å². The van der Waals surface area contributed by atoms with E-state index in [4.69, 9.17) is 5.73 Å². The molecule has 0 radical (unpaired) electrons. The van der Waals surface area contributed by atoms with E-state index >= 15 is 0 Å². The number of carbonyl (C=O) groups is 1. The van der Waals surface area contributed by atoms with E-state index in [1.54, 1.807) is 6.26 Å². The van der Waals surface area contributed by atoms with Crippen molar-refractivity contribution in [3.05, 3.63) is 41.0 Å². The maximum Gasteiger partial charge on any atom is 0.416 e. The number of carbonyl (C=O) groups excluding carboxylic acids is 1. The number of nitrogens with two attached hydrogens (primary N) is 1. The topological polar surface area (TPSA) is 108 Å². The minimum absolute atomic E-state index is 0.0439. The Kier molecular flexibility index (Phi) is 9.49. The lowest BCUT2D eigenvalue weighted by molar-refractivity contribution is -0.137. The highest BCUT2D eigenvalue weighted by molar-refractivity contribution is 7.98. The Bertz CT molecular complexity index is 1010. The van der Waals surface area contributed by atoms with E-state index < -0.39 is 17.8 Å². The molecule has 3 N–H and O–H groups in total. The Labute approximate surface area is 195 Å². The third-order valence-electron chi connectivity index (χ3n) is 4.88. The molecule has 7 nitrogen and oxygen atoms in total. The molecule has 0 aliphatic carbocycles. The lowest BCUT2D eigenvalue weighted by atomic mass is 9.98. The number of unbranched alkanes of at least 4 members (excludes halogenated alkanes) is 1. The number of benzene rings is 1. The predicted molar refractivity (Wildman–Crippen MR) is 123 cm³/mol. The molecule has 178 valence electrons. The van der Waals surface area contributed by atoms with E-state index in [9.17, 15) is 23.2 Å². The summed E-state index contributed by atoms with van der Waals surface area (Å²) in [6.07, 6.45) is -0.986. The number of hydrogen-bond acceptors (Lipinski definition) is 8. The molecule has 33 heavy (non-hydrogen) atoms. The van der Waals surface area contributed by atoms with Crippen molar-refractivity contribution < 1.29 is 18.0 Å². The number of rotatable bonds is 11. The zero-order valence-electron chi connectivity index (χ0n) is 18.7. The SMILES string of the molecule is CSc1nc(N)nc(N[C@@H](CCCCN(C)C)C(=O)Cc2cccc(C(F)(F)F)c2)c1C#N. The fraction of sp³-hybridized carbons (Fsp3) is 0.455. The minimum atomic E-state index is -4.49. The molecule has 0 saturated carbocycles. The number of nitrogen functional groups attached to an aromatic ring is 1. The molecule has 0 saturated heterocycles. The van der Waals surface area contributed by atoms with E-state index in [2.05, 4.69) is 15.3 Å². The van der Waals surface area contributed by atoms with Crippen LogP contribution in [-0.4, -0.2) is 53.6 Å². The summed E-state index contributed by atoms with van der Waals surface area (Å²) in [5.41, 5.74) is 5.40. The quantitative estimate of drug-likeness (QED) is 0.282. The number of nitrogens with one attached hydrogen (secondary N) is 1. The highest BCUT2D eigenvalue weighted by Crippen LogP contribution is 2.30. The van der Waals surface area contributed by atoms with Crippen LogP contribution in [0.5, 0.6) is 0 Å². The molecule has 2 rings (SSSR count). The van der Waals surface area contributed by atoms with Gasteiger partial charge in [-0.25, -0.2) is 4.98 Å². The summed E-state index contributed by atoms with van der Waals surface area (Å²) < 4.78 is 39.2. The number of thioether (sulfide) groups is 1. The molecule has 0 aliphatic rings. The molecular weight excluding hydrogens is 453 g/mol. The van der Waals surface area contributed by atoms with Gasteiger partial charge in [-0.15, -0.1) is 11.8 Å². The first-order valence-electron chi connectivity index (χ1n) is 10.3. The smallest absolute Gasteiger partial charge is 0.368 e. The van der Waals surface area contributed by atoms with E-state index in [0.29, 0.717) is 17.9 Å². The number of hydrogen-bond donors (Lipinski definition) is 2. The van der Waals surface area contributed by atoms with Crippen LogP contribution in [0.3, 0.4) is 0 Å². The second-order valence-electron chi connectivity index (χ2n) is 7.76. The number of alkyl halides is 3. The Morgan fingerprint density at radius 2 is 2.03 bits per heavy atom. The first-order chi connectivity index (χ1) is 15.5. The van der Waals surface area contributed by atoms with Crippen LogP contribution in [-0.2, 0) is 17.4 Å². The van der Waals surface area contributed by atoms with Crippen LogP contribution < -0.4 is 11.1 Å². The Hall–Kier alpha value is -2.84. The largest absolute Gasteiger partial charge is 0.416 e. The number of anilines is 2. The predicted octanol–water partition coefficient (Wildman–Crippen LogP) is 4.00. The lowest BCUT2D eigenvalue weighted by Crippen LogP contribution is -2.32. The van der Waals surface area contributed by atoms with Crippen LogP contribution in [0.1, 0.15) is 36.0 Å². The molecule has 0 spiro atoms. The monoisotopic (exact) mass is 480 g/mol. The van der Waals surface area contributed by atoms with Gasteiger partial charge in [0.05, 0.1) is 11.6 Å². The number of nitrogens with zero attached hydrogens (tertiary/aromatic N) is 4. The van der Waals surface area contributed by atoms with Crippen molar-refractivity contribution in [3.63, 3.8) is 0 Å². The van der Waals surface area contributed by atoms with E-state index in [0.717, 1.165) is 25.1 Å². The summed E-state index contributed by atoms with van der Waals surface area (Å²) >= 11 is 1.22. The highest BCUT2D eigenvalue weighted by Gasteiger charge is 2.31. The van der Waals surface area contributed by atoms with Crippen molar-refractivity contribution in [1.29, 1.82) is 5.26 Å². The molecule has 0 unspecified atom stereocenters. The maximum atomic E-state index is 13.1. The third-order valence-corrected chi connectivity index (χ3v) is 5.56. The van der Waals surface area contributed by atoms with Gasteiger partial charge in [0.15, 0.2) is 11.6 Å². The average molecular weight is 481 g/mol. The van der Waals surface area contributed by atoms with E-state index in [1.165, 1.54) is 23.9 Å². The van der Waals surface area contributed by atoms with Gasteiger partial charge in [-0.2, -0.15) is 23.4 Å². The van der Waals surface area contributed by atoms with Gasteiger partial charge in [0, 0.05) is 6.42 Å². The molecule has 0 fully saturated rings. The van der Waals surface area contributed by atoms with Gasteiger partial charge in [0.2, 0.25) is 5.95 Å².